The summed E-state index contributed by atoms with van der Waals surface area (Å²) in [5.74, 6) is 2.99. The summed E-state index contributed by atoms with van der Waals surface area (Å²) in [6.45, 7) is 4.11. The second-order valence-electron chi connectivity index (χ2n) is 6.64. The highest BCUT2D eigenvalue weighted by Gasteiger charge is 2.39. The topological polar surface area (TPSA) is 26.3 Å². The minimum absolute atomic E-state index is 0.148. The van der Waals surface area contributed by atoms with Crippen molar-refractivity contribution < 1.29 is 9.53 Å². The van der Waals surface area contributed by atoms with Gasteiger partial charge in [-0.15, -0.1) is 0 Å². The summed E-state index contributed by atoms with van der Waals surface area (Å²) in [4.78, 5) is 12.0. The van der Waals surface area contributed by atoms with E-state index in [0.29, 0.717) is 18.1 Å². The fraction of sp³-hybridized carbons (Fsp3) is 0.933. The summed E-state index contributed by atoms with van der Waals surface area (Å²) in [5.41, 5.74) is -0.148. The maximum atomic E-state index is 12.0. The molecule has 0 aromatic carbocycles. The van der Waals surface area contributed by atoms with E-state index in [4.69, 9.17) is 4.74 Å². The quantitative estimate of drug-likeness (QED) is 0.707. The van der Waals surface area contributed by atoms with Gasteiger partial charge in [0.05, 0.1) is 5.60 Å². The average Bonchev–Trinajstić information content (AvgIpc) is 2.88. The van der Waals surface area contributed by atoms with E-state index < -0.39 is 0 Å². The standard InChI is InChI=1S/C15H26O2/c1-15(2,17-3)7-6-14(16)10-13-9-11-4-5-12(13)8-11/h11-13H,4-10H2,1-3H3. The maximum Gasteiger partial charge on any atom is 0.133 e. The van der Waals surface area contributed by atoms with Crippen molar-refractivity contribution in [2.24, 2.45) is 17.8 Å². The first-order valence-electron chi connectivity index (χ1n) is 7.07. The highest BCUT2D eigenvalue weighted by Crippen LogP contribution is 2.49. The highest BCUT2D eigenvalue weighted by atomic mass is 16.5. The number of carbonyl (C=O) groups excluding carboxylic acids is 1. The van der Waals surface area contributed by atoms with Crippen molar-refractivity contribution in [2.45, 2.75) is 64.4 Å². The van der Waals surface area contributed by atoms with Gasteiger partial charge in [0.25, 0.3) is 0 Å². The Morgan fingerprint density at radius 2 is 2.06 bits per heavy atom. The van der Waals surface area contributed by atoms with E-state index >= 15 is 0 Å². The Bertz CT molecular complexity index is 283. The normalized spacial score (nSPS) is 32.1. The van der Waals surface area contributed by atoms with Crippen molar-refractivity contribution in [1.82, 2.24) is 0 Å². The molecule has 0 aliphatic heterocycles. The molecule has 2 nitrogen and oxygen atoms in total. The molecule has 0 saturated heterocycles. The number of Topliss-reactive ketones (excluding diaryl/α,β-unsaturated/α-hetero) is 1. The molecule has 3 unspecified atom stereocenters. The minimum Gasteiger partial charge on any atom is -0.379 e. The van der Waals surface area contributed by atoms with Gasteiger partial charge in [-0.2, -0.15) is 0 Å². The van der Waals surface area contributed by atoms with Gasteiger partial charge in [-0.3, -0.25) is 4.79 Å². The lowest BCUT2D eigenvalue weighted by Crippen LogP contribution is -2.24. The van der Waals surface area contributed by atoms with Crippen LogP contribution in [0.4, 0.5) is 0 Å². The molecule has 2 fully saturated rings. The van der Waals surface area contributed by atoms with Gasteiger partial charge < -0.3 is 4.74 Å². The van der Waals surface area contributed by atoms with Crippen LogP contribution in [-0.4, -0.2) is 18.5 Å². The molecule has 2 aliphatic rings. The van der Waals surface area contributed by atoms with Crippen LogP contribution in [0, 0.1) is 17.8 Å². The predicted octanol–water partition coefficient (Wildman–Crippen LogP) is 3.59. The van der Waals surface area contributed by atoms with Crippen LogP contribution in [-0.2, 0) is 9.53 Å². The monoisotopic (exact) mass is 238 g/mol. The van der Waals surface area contributed by atoms with Gasteiger partial charge in [-0.1, -0.05) is 6.42 Å². The summed E-state index contributed by atoms with van der Waals surface area (Å²) in [5, 5.41) is 0. The fourth-order valence-corrected chi connectivity index (χ4v) is 3.56. The van der Waals surface area contributed by atoms with Crippen LogP contribution in [0.2, 0.25) is 0 Å². The third-order valence-electron chi connectivity index (χ3n) is 4.93. The highest BCUT2D eigenvalue weighted by molar-refractivity contribution is 5.78. The van der Waals surface area contributed by atoms with Gasteiger partial charge in [0.15, 0.2) is 0 Å². The lowest BCUT2D eigenvalue weighted by molar-refractivity contribution is -0.121. The van der Waals surface area contributed by atoms with E-state index in [2.05, 4.69) is 13.8 Å². The molecule has 0 aromatic rings. The Balaban J connectivity index is 1.71. The molecule has 0 radical (unpaired) electrons. The Kier molecular flexibility index (Phi) is 3.92. The van der Waals surface area contributed by atoms with Gasteiger partial charge in [0, 0.05) is 20.0 Å². The van der Waals surface area contributed by atoms with Crippen LogP contribution >= 0.6 is 0 Å². The molecule has 2 saturated carbocycles. The van der Waals surface area contributed by atoms with Crippen molar-refractivity contribution in [3.8, 4) is 0 Å². The number of hydrogen-bond acceptors (Lipinski definition) is 2. The predicted molar refractivity (Wildman–Crippen MR) is 68.9 cm³/mol. The van der Waals surface area contributed by atoms with Crippen molar-refractivity contribution >= 4 is 5.78 Å². The van der Waals surface area contributed by atoms with Gasteiger partial charge in [-0.25, -0.2) is 0 Å². The number of fused-ring (bicyclic) bond motifs is 2. The smallest absolute Gasteiger partial charge is 0.133 e. The molecule has 98 valence electrons. The Morgan fingerprint density at radius 1 is 1.29 bits per heavy atom. The minimum atomic E-state index is -0.148. The van der Waals surface area contributed by atoms with E-state index in [9.17, 15) is 4.79 Å². The molecule has 2 heteroatoms. The van der Waals surface area contributed by atoms with E-state index in [1.54, 1.807) is 7.11 Å². The molecule has 2 aliphatic carbocycles. The largest absolute Gasteiger partial charge is 0.379 e. The van der Waals surface area contributed by atoms with Crippen LogP contribution in [0.3, 0.4) is 0 Å². The summed E-state index contributed by atoms with van der Waals surface area (Å²) in [6, 6.07) is 0. The zero-order valence-corrected chi connectivity index (χ0v) is 11.5. The number of ether oxygens (including phenoxy) is 1. The summed E-state index contributed by atoms with van der Waals surface area (Å²) >= 11 is 0. The summed E-state index contributed by atoms with van der Waals surface area (Å²) < 4.78 is 5.36. The molecular formula is C15H26O2. The second-order valence-corrected chi connectivity index (χ2v) is 6.64. The van der Waals surface area contributed by atoms with Crippen molar-refractivity contribution in [3.05, 3.63) is 0 Å². The number of carbonyl (C=O) groups is 1. The molecule has 0 heterocycles. The Morgan fingerprint density at radius 3 is 2.59 bits per heavy atom. The Labute approximate surface area is 105 Å². The number of hydrogen-bond donors (Lipinski definition) is 0. The molecule has 0 N–H and O–H groups in total. The zero-order chi connectivity index (χ0) is 12.5. The van der Waals surface area contributed by atoms with E-state index in [-0.39, 0.29) is 5.60 Å². The van der Waals surface area contributed by atoms with Crippen molar-refractivity contribution in [1.29, 1.82) is 0 Å². The first-order chi connectivity index (χ1) is 8.00. The van der Waals surface area contributed by atoms with Crippen LogP contribution in [0.25, 0.3) is 0 Å². The molecule has 2 bridgehead atoms. The first-order valence-corrected chi connectivity index (χ1v) is 7.07. The fourth-order valence-electron chi connectivity index (χ4n) is 3.56. The third-order valence-corrected chi connectivity index (χ3v) is 4.93. The van der Waals surface area contributed by atoms with E-state index in [0.717, 1.165) is 24.7 Å². The van der Waals surface area contributed by atoms with Crippen molar-refractivity contribution in [2.75, 3.05) is 7.11 Å². The lowest BCUT2D eigenvalue weighted by Gasteiger charge is -2.24. The second kappa shape index (κ2) is 5.09. The average molecular weight is 238 g/mol. The number of rotatable bonds is 6. The van der Waals surface area contributed by atoms with E-state index in [1.807, 2.05) is 0 Å². The molecule has 0 spiro atoms. The summed E-state index contributed by atoms with van der Waals surface area (Å²) in [6.07, 6.45) is 7.91. The summed E-state index contributed by atoms with van der Waals surface area (Å²) in [7, 11) is 1.72. The molecule has 0 amide bonds. The van der Waals surface area contributed by atoms with Gasteiger partial charge in [0.2, 0.25) is 0 Å². The first kappa shape index (κ1) is 13.1. The van der Waals surface area contributed by atoms with Crippen LogP contribution in [0.5, 0.6) is 0 Å². The molecule has 3 atom stereocenters. The van der Waals surface area contributed by atoms with Crippen LogP contribution < -0.4 is 0 Å². The van der Waals surface area contributed by atoms with Gasteiger partial charge in [0.1, 0.15) is 5.78 Å². The SMILES string of the molecule is COC(C)(C)CCC(=O)CC1CC2CCC1C2. The maximum absolute atomic E-state index is 12.0. The number of ketones is 1. The van der Waals surface area contributed by atoms with Gasteiger partial charge >= 0.3 is 0 Å². The van der Waals surface area contributed by atoms with Crippen LogP contribution in [0.15, 0.2) is 0 Å². The third kappa shape index (κ3) is 3.31. The van der Waals surface area contributed by atoms with Gasteiger partial charge in [-0.05, 0) is 57.3 Å². The van der Waals surface area contributed by atoms with E-state index in [1.165, 1.54) is 25.7 Å². The zero-order valence-electron chi connectivity index (χ0n) is 11.5. The van der Waals surface area contributed by atoms with Crippen molar-refractivity contribution in [3.63, 3.8) is 0 Å². The molecular weight excluding hydrogens is 212 g/mol. The molecule has 0 aromatic heterocycles. The van der Waals surface area contributed by atoms with Crippen LogP contribution in [0.1, 0.15) is 58.8 Å². The lowest BCUT2D eigenvalue weighted by atomic mass is 9.84. The molecule has 17 heavy (non-hydrogen) atoms. The molecule has 2 rings (SSSR count). The Hall–Kier alpha value is -0.370. The number of methoxy groups -OCH3 is 1.